The molecule has 0 aliphatic carbocycles. The monoisotopic (exact) mass is 528 g/mol. The van der Waals surface area contributed by atoms with Crippen LogP contribution < -0.4 is 0 Å². The molecule has 4 aliphatic heterocycles. The van der Waals surface area contributed by atoms with Crippen LogP contribution in [0.1, 0.15) is 25.7 Å². The first-order valence-corrected chi connectivity index (χ1v) is 13.0. The molecule has 0 bridgehead atoms. The quantitative estimate of drug-likeness (QED) is 0.385. The van der Waals surface area contributed by atoms with Crippen molar-refractivity contribution in [3.8, 4) is 0 Å². The number of carboxylic acid groups (broad SMARTS) is 1. The fraction of sp³-hybridized carbons (Fsp3) is 0.760. The normalized spacial score (nSPS) is 19.9. The molecule has 0 aromatic heterocycles. The average molecular weight is 529 g/mol. The van der Waals surface area contributed by atoms with Gasteiger partial charge < -0.3 is 34.0 Å². The molecule has 4 heterocycles. The van der Waals surface area contributed by atoms with Gasteiger partial charge in [0, 0.05) is 65.3 Å². The van der Waals surface area contributed by atoms with Gasteiger partial charge >= 0.3 is 0 Å². The van der Waals surface area contributed by atoms with Gasteiger partial charge in [0.05, 0.1) is 39.6 Å². The van der Waals surface area contributed by atoms with E-state index in [1.807, 2.05) is 9.80 Å². The van der Waals surface area contributed by atoms with Crippen molar-refractivity contribution in [3.05, 3.63) is 12.7 Å². The van der Waals surface area contributed by atoms with Gasteiger partial charge in [-0.3, -0.25) is 24.1 Å². The maximum Gasteiger partial charge on any atom is 0.290 e. The van der Waals surface area contributed by atoms with Gasteiger partial charge in [0.15, 0.2) is 0 Å². The van der Waals surface area contributed by atoms with Gasteiger partial charge in [-0.05, 0) is 25.3 Å². The van der Waals surface area contributed by atoms with Crippen LogP contribution in [-0.4, -0.2) is 148 Å². The Hall–Kier alpha value is -2.54. The van der Waals surface area contributed by atoms with Crippen LogP contribution in [0.4, 0.5) is 0 Å². The van der Waals surface area contributed by atoms with Gasteiger partial charge in [0.25, 0.3) is 6.47 Å². The van der Waals surface area contributed by atoms with E-state index in [0.717, 1.165) is 65.4 Å². The summed E-state index contributed by atoms with van der Waals surface area (Å²) in [5.41, 5.74) is 0. The summed E-state index contributed by atoms with van der Waals surface area (Å²) < 4.78 is 15.6. The fourth-order valence-electron chi connectivity index (χ4n) is 3.99. The SMILES string of the molecule is C=CC(=O)N1CCOCC1.O=C(CCN1CCOCC1)N1CCOCC1.O=CN1CCCCC1.O=CO. The van der Waals surface area contributed by atoms with Crippen LogP contribution in [0.3, 0.4) is 0 Å². The van der Waals surface area contributed by atoms with Crippen molar-refractivity contribution in [3.63, 3.8) is 0 Å². The molecular formula is C25H44N4O8. The van der Waals surface area contributed by atoms with Crippen LogP contribution >= 0.6 is 0 Å². The molecule has 0 aromatic rings. The van der Waals surface area contributed by atoms with Crippen LogP contribution in [0.5, 0.6) is 0 Å². The Kier molecular flexibility index (Phi) is 18.9. The van der Waals surface area contributed by atoms with Crippen molar-refractivity contribution < 1.29 is 38.5 Å². The molecule has 0 unspecified atom stereocenters. The topological polar surface area (TPSA) is 129 Å². The molecule has 12 heteroatoms. The number of carbonyl (C=O) groups excluding carboxylic acids is 3. The maximum absolute atomic E-state index is 11.9. The molecule has 0 saturated carbocycles. The predicted molar refractivity (Wildman–Crippen MR) is 137 cm³/mol. The summed E-state index contributed by atoms with van der Waals surface area (Å²) in [6.45, 7) is 15.0. The van der Waals surface area contributed by atoms with Crippen LogP contribution in [0, 0.1) is 0 Å². The van der Waals surface area contributed by atoms with Crippen molar-refractivity contribution in [2.45, 2.75) is 25.7 Å². The zero-order valence-corrected chi connectivity index (χ0v) is 22.0. The molecular weight excluding hydrogens is 484 g/mol. The fourth-order valence-corrected chi connectivity index (χ4v) is 3.99. The number of likely N-dealkylation sites (tertiary alicyclic amines) is 1. The summed E-state index contributed by atoms with van der Waals surface area (Å²) >= 11 is 0. The minimum Gasteiger partial charge on any atom is -0.483 e. The van der Waals surface area contributed by atoms with Gasteiger partial charge in [0.2, 0.25) is 18.2 Å². The van der Waals surface area contributed by atoms with E-state index < -0.39 is 0 Å². The van der Waals surface area contributed by atoms with E-state index in [4.69, 9.17) is 24.1 Å². The van der Waals surface area contributed by atoms with Gasteiger partial charge in [-0.2, -0.15) is 0 Å². The van der Waals surface area contributed by atoms with Gasteiger partial charge in [-0.25, -0.2) is 0 Å². The lowest BCUT2D eigenvalue weighted by atomic mass is 10.1. The molecule has 212 valence electrons. The summed E-state index contributed by atoms with van der Waals surface area (Å²) in [5, 5.41) is 6.89. The standard InChI is InChI=1S/C11H20N2O3.C7H11NO2.C6H11NO.CH2O2/c14-11(13-5-9-16-10-6-13)1-2-12-3-7-15-8-4-12;1-2-7(9)8-3-5-10-6-4-8;8-6-7-4-2-1-3-5-7;2-1-3/h1-10H2;2H,1,3-6H2;6H,1-5H2;1H,(H,2,3). The maximum atomic E-state index is 11.9. The third-order valence-electron chi connectivity index (χ3n) is 6.15. The minimum absolute atomic E-state index is 0.00306. The molecule has 3 amide bonds. The molecule has 0 spiro atoms. The van der Waals surface area contributed by atoms with Crippen LogP contribution in [0.25, 0.3) is 0 Å². The molecule has 37 heavy (non-hydrogen) atoms. The number of piperidine rings is 1. The van der Waals surface area contributed by atoms with Gasteiger partial charge in [0.1, 0.15) is 0 Å². The summed E-state index contributed by atoms with van der Waals surface area (Å²) in [6, 6.07) is 0. The Labute approximate surface area is 220 Å². The van der Waals surface area contributed by atoms with E-state index in [0.29, 0.717) is 45.9 Å². The lowest BCUT2D eigenvalue weighted by Gasteiger charge is -2.29. The number of ether oxygens (including phenoxy) is 3. The molecule has 12 nitrogen and oxygen atoms in total. The van der Waals surface area contributed by atoms with Crippen LogP contribution in [0.2, 0.25) is 0 Å². The lowest BCUT2D eigenvalue weighted by Crippen LogP contribution is -2.43. The van der Waals surface area contributed by atoms with Crippen molar-refractivity contribution in [1.82, 2.24) is 19.6 Å². The van der Waals surface area contributed by atoms with E-state index in [1.54, 1.807) is 4.90 Å². The summed E-state index contributed by atoms with van der Waals surface area (Å²) in [7, 11) is 0. The molecule has 0 aromatic carbocycles. The zero-order chi connectivity index (χ0) is 27.1. The molecule has 4 aliphatic rings. The Bertz CT molecular complexity index is 643. The second-order valence-electron chi connectivity index (χ2n) is 8.65. The smallest absolute Gasteiger partial charge is 0.290 e. The first-order valence-electron chi connectivity index (χ1n) is 13.0. The molecule has 4 saturated heterocycles. The van der Waals surface area contributed by atoms with E-state index in [2.05, 4.69) is 11.5 Å². The van der Waals surface area contributed by atoms with Crippen LogP contribution in [0.15, 0.2) is 12.7 Å². The van der Waals surface area contributed by atoms with Crippen molar-refractivity contribution in [1.29, 1.82) is 0 Å². The first-order chi connectivity index (χ1) is 18.0. The predicted octanol–water partition coefficient (Wildman–Crippen LogP) is -0.0718. The number of hydrogen-bond donors (Lipinski definition) is 1. The number of hydrogen-bond acceptors (Lipinski definition) is 8. The second kappa shape index (κ2) is 21.5. The highest BCUT2D eigenvalue weighted by molar-refractivity contribution is 5.87. The largest absolute Gasteiger partial charge is 0.483 e. The van der Waals surface area contributed by atoms with E-state index in [9.17, 15) is 14.4 Å². The third-order valence-corrected chi connectivity index (χ3v) is 6.15. The highest BCUT2D eigenvalue weighted by Gasteiger charge is 2.18. The highest BCUT2D eigenvalue weighted by Crippen LogP contribution is 2.05. The molecule has 4 fully saturated rings. The number of morpholine rings is 3. The van der Waals surface area contributed by atoms with Crippen molar-refractivity contribution >= 4 is 24.7 Å². The molecule has 0 radical (unpaired) electrons. The Morgan fingerprint density at radius 2 is 1.19 bits per heavy atom. The molecule has 0 atom stereocenters. The number of nitrogens with zero attached hydrogens (tertiary/aromatic N) is 4. The Morgan fingerprint density at radius 1 is 0.730 bits per heavy atom. The molecule has 1 N–H and O–H groups in total. The average Bonchev–Trinajstić information content (AvgIpc) is 2.98. The first kappa shape index (κ1) is 32.5. The van der Waals surface area contributed by atoms with Gasteiger partial charge in [-0.15, -0.1) is 0 Å². The minimum atomic E-state index is -0.250. The highest BCUT2D eigenvalue weighted by atomic mass is 16.5. The summed E-state index contributed by atoms with van der Waals surface area (Å²) in [6.07, 6.45) is 6.59. The third kappa shape index (κ3) is 15.3. The van der Waals surface area contributed by atoms with Crippen LogP contribution in [-0.2, 0) is 33.4 Å². The Balaban J connectivity index is 0.000000280. The summed E-state index contributed by atoms with van der Waals surface area (Å²) in [4.78, 5) is 49.0. The number of amides is 3. The van der Waals surface area contributed by atoms with E-state index in [1.165, 1.54) is 25.3 Å². The summed E-state index contributed by atoms with van der Waals surface area (Å²) in [5.74, 6) is 0.262. The zero-order valence-electron chi connectivity index (χ0n) is 22.0. The van der Waals surface area contributed by atoms with Crippen molar-refractivity contribution in [2.24, 2.45) is 0 Å². The number of rotatable bonds is 5. The van der Waals surface area contributed by atoms with Crippen molar-refractivity contribution in [2.75, 3.05) is 98.5 Å². The van der Waals surface area contributed by atoms with Gasteiger partial charge in [-0.1, -0.05) is 6.58 Å². The van der Waals surface area contributed by atoms with E-state index >= 15 is 0 Å². The second-order valence-corrected chi connectivity index (χ2v) is 8.65. The molecule has 4 rings (SSSR count). The number of carbonyl (C=O) groups is 4. The van der Waals surface area contributed by atoms with E-state index in [-0.39, 0.29) is 18.3 Å². The lowest BCUT2D eigenvalue weighted by molar-refractivity contribution is -0.136. The Morgan fingerprint density at radius 3 is 1.62 bits per heavy atom.